The highest BCUT2D eigenvalue weighted by Gasteiger charge is 2.19. The Balaban J connectivity index is 1.39. The van der Waals surface area contributed by atoms with Gasteiger partial charge in [-0.05, 0) is 73.5 Å². The predicted octanol–water partition coefficient (Wildman–Crippen LogP) is 5.90. The minimum atomic E-state index is -0.216. The molecule has 4 rings (SSSR count). The van der Waals surface area contributed by atoms with Gasteiger partial charge >= 0.3 is 0 Å². The molecule has 0 aromatic heterocycles. The van der Waals surface area contributed by atoms with E-state index >= 15 is 0 Å². The summed E-state index contributed by atoms with van der Waals surface area (Å²) in [5, 5.41) is 3.40. The number of piperidine rings is 1. The van der Waals surface area contributed by atoms with Crippen LogP contribution in [0.3, 0.4) is 0 Å². The Kier molecular flexibility index (Phi) is 6.00. The molecule has 2 amide bonds. The lowest BCUT2D eigenvalue weighted by Crippen LogP contribution is -2.35. The fraction of sp³-hybridized carbons (Fsp3) is 0.167. The molecule has 152 valence electrons. The molecule has 1 heterocycles. The summed E-state index contributed by atoms with van der Waals surface area (Å²) in [6.07, 6.45) is 2.53. The third-order valence-corrected chi connectivity index (χ3v) is 5.25. The summed E-state index contributed by atoms with van der Waals surface area (Å²) in [6.45, 7) is 0.729. The third kappa shape index (κ3) is 4.63. The lowest BCUT2D eigenvalue weighted by molar-refractivity contribution is -0.119. The second-order valence-corrected chi connectivity index (χ2v) is 7.47. The number of hydrogen-bond acceptors (Lipinski definition) is 3. The van der Waals surface area contributed by atoms with Crippen LogP contribution in [0.15, 0.2) is 72.8 Å². The molecule has 0 radical (unpaired) electrons. The molecule has 0 spiro atoms. The van der Waals surface area contributed by atoms with Gasteiger partial charge in [-0.3, -0.25) is 9.59 Å². The van der Waals surface area contributed by atoms with Crippen molar-refractivity contribution >= 4 is 34.8 Å². The van der Waals surface area contributed by atoms with E-state index in [0.29, 0.717) is 34.2 Å². The third-order valence-electron chi connectivity index (χ3n) is 4.94. The monoisotopic (exact) mass is 420 g/mol. The molecule has 3 aromatic rings. The van der Waals surface area contributed by atoms with Gasteiger partial charge in [0.1, 0.15) is 11.5 Å². The molecule has 1 fully saturated rings. The van der Waals surface area contributed by atoms with Crippen molar-refractivity contribution in [2.45, 2.75) is 19.3 Å². The van der Waals surface area contributed by atoms with Crippen molar-refractivity contribution < 1.29 is 14.3 Å². The summed E-state index contributed by atoms with van der Waals surface area (Å²) in [5.41, 5.74) is 2.01. The standard InChI is InChI=1S/C24H21ClN2O3/c25-21-5-1-2-6-22(21)30-20-14-10-18(11-15-20)26-24(29)17-8-12-19(13-9-17)27-16-4-3-7-23(27)28/h1-2,5-6,8-15H,3-4,7,16H2,(H,26,29). The van der Waals surface area contributed by atoms with Gasteiger partial charge in [-0.2, -0.15) is 0 Å². The van der Waals surface area contributed by atoms with E-state index in [0.717, 1.165) is 25.1 Å². The molecule has 1 saturated heterocycles. The van der Waals surface area contributed by atoms with Crippen molar-refractivity contribution in [2.24, 2.45) is 0 Å². The van der Waals surface area contributed by atoms with Crippen LogP contribution in [0.5, 0.6) is 11.5 Å². The topological polar surface area (TPSA) is 58.6 Å². The molecule has 0 saturated carbocycles. The molecule has 0 bridgehead atoms. The largest absolute Gasteiger partial charge is 0.456 e. The number of rotatable bonds is 5. The van der Waals surface area contributed by atoms with Gasteiger partial charge in [0.25, 0.3) is 5.91 Å². The van der Waals surface area contributed by atoms with E-state index in [1.807, 2.05) is 24.3 Å². The Morgan fingerprint density at radius 1 is 0.933 bits per heavy atom. The van der Waals surface area contributed by atoms with Crippen LogP contribution in [0.1, 0.15) is 29.6 Å². The first-order valence-corrected chi connectivity index (χ1v) is 10.2. The zero-order valence-electron chi connectivity index (χ0n) is 16.3. The molecule has 0 atom stereocenters. The van der Waals surface area contributed by atoms with Crippen LogP contribution in [-0.2, 0) is 4.79 Å². The van der Waals surface area contributed by atoms with Gasteiger partial charge in [0.05, 0.1) is 5.02 Å². The first-order chi connectivity index (χ1) is 14.6. The van der Waals surface area contributed by atoms with Crippen molar-refractivity contribution in [3.63, 3.8) is 0 Å². The number of nitrogens with one attached hydrogen (secondary N) is 1. The Hall–Kier alpha value is -3.31. The van der Waals surface area contributed by atoms with E-state index in [1.54, 1.807) is 53.4 Å². The number of carbonyl (C=O) groups excluding carboxylic acids is 2. The van der Waals surface area contributed by atoms with E-state index in [4.69, 9.17) is 16.3 Å². The molecular weight excluding hydrogens is 400 g/mol. The van der Waals surface area contributed by atoms with Gasteiger partial charge in [0.15, 0.2) is 0 Å². The number of para-hydroxylation sites is 1. The number of amides is 2. The minimum Gasteiger partial charge on any atom is -0.456 e. The number of carbonyl (C=O) groups is 2. The average molecular weight is 421 g/mol. The van der Waals surface area contributed by atoms with E-state index in [2.05, 4.69) is 5.32 Å². The summed E-state index contributed by atoms with van der Waals surface area (Å²) >= 11 is 6.11. The predicted molar refractivity (Wildman–Crippen MR) is 119 cm³/mol. The molecule has 6 heteroatoms. The summed E-state index contributed by atoms with van der Waals surface area (Å²) in [6, 6.07) is 21.4. The number of anilines is 2. The summed E-state index contributed by atoms with van der Waals surface area (Å²) in [7, 11) is 0. The number of benzene rings is 3. The number of ether oxygens (including phenoxy) is 1. The first-order valence-electron chi connectivity index (χ1n) is 9.84. The van der Waals surface area contributed by atoms with Gasteiger partial charge in [0.2, 0.25) is 5.91 Å². The molecule has 1 N–H and O–H groups in total. The van der Waals surface area contributed by atoms with Crippen LogP contribution in [0, 0.1) is 0 Å². The van der Waals surface area contributed by atoms with E-state index in [-0.39, 0.29) is 11.8 Å². The van der Waals surface area contributed by atoms with Gasteiger partial charge in [0, 0.05) is 29.9 Å². The second-order valence-electron chi connectivity index (χ2n) is 7.06. The molecule has 3 aromatic carbocycles. The fourth-order valence-electron chi connectivity index (χ4n) is 3.34. The van der Waals surface area contributed by atoms with Crippen LogP contribution in [0.2, 0.25) is 5.02 Å². The van der Waals surface area contributed by atoms with Crippen molar-refractivity contribution in [3.05, 3.63) is 83.4 Å². The highest BCUT2D eigenvalue weighted by atomic mass is 35.5. The zero-order chi connectivity index (χ0) is 20.9. The number of halogens is 1. The summed E-state index contributed by atoms with van der Waals surface area (Å²) < 4.78 is 5.76. The summed E-state index contributed by atoms with van der Waals surface area (Å²) in [4.78, 5) is 26.4. The number of nitrogens with zero attached hydrogens (tertiary/aromatic N) is 1. The second kappa shape index (κ2) is 9.01. The van der Waals surface area contributed by atoms with E-state index < -0.39 is 0 Å². The highest BCUT2D eigenvalue weighted by Crippen LogP contribution is 2.29. The van der Waals surface area contributed by atoms with Crippen molar-refractivity contribution in [1.29, 1.82) is 0 Å². The minimum absolute atomic E-state index is 0.137. The fourth-order valence-corrected chi connectivity index (χ4v) is 3.51. The maximum absolute atomic E-state index is 12.5. The van der Waals surface area contributed by atoms with Crippen LogP contribution in [0.25, 0.3) is 0 Å². The smallest absolute Gasteiger partial charge is 0.255 e. The first kappa shape index (κ1) is 20.0. The lowest BCUT2D eigenvalue weighted by Gasteiger charge is -2.26. The molecular formula is C24H21ClN2O3. The molecule has 1 aliphatic heterocycles. The Bertz CT molecular complexity index is 1050. The number of hydrogen-bond donors (Lipinski definition) is 1. The van der Waals surface area contributed by atoms with Crippen molar-refractivity contribution in [2.75, 3.05) is 16.8 Å². The van der Waals surface area contributed by atoms with Gasteiger partial charge in [-0.25, -0.2) is 0 Å². The van der Waals surface area contributed by atoms with E-state index in [9.17, 15) is 9.59 Å². The average Bonchev–Trinajstić information content (AvgIpc) is 2.77. The summed E-state index contributed by atoms with van der Waals surface area (Å²) in [5.74, 6) is 1.11. The Labute approximate surface area is 180 Å². The quantitative estimate of drug-likeness (QED) is 0.558. The molecule has 0 aliphatic carbocycles. The van der Waals surface area contributed by atoms with Crippen molar-refractivity contribution in [1.82, 2.24) is 0 Å². The molecule has 0 unspecified atom stereocenters. The maximum Gasteiger partial charge on any atom is 0.255 e. The Morgan fingerprint density at radius 2 is 1.67 bits per heavy atom. The van der Waals surface area contributed by atoms with Gasteiger partial charge in [-0.1, -0.05) is 23.7 Å². The molecule has 1 aliphatic rings. The van der Waals surface area contributed by atoms with Crippen LogP contribution in [-0.4, -0.2) is 18.4 Å². The molecule has 30 heavy (non-hydrogen) atoms. The zero-order valence-corrected chi connectivity index (χ0v) is 17.1. The van der Waals surface area contributed by atoms with Crippen LogP contribution >= 0.6 is 11.6 Å². The highest BCUT2D eigenvalue weighted by molar-refractivity contribution is 6.32. The van der Waals surface area contributed by atoms with Crippen LogP contribution < -0.4 is 15.0 Å². The lowest BCUT2D eigenvalue weighted by atomic mass is 10.1. The maximum atomic E-state index is 12.5. The Morgan fingerprint density at radius 3 is 2.37 bits per heavy atom. The van der Waals surface area contributed by atoms with Crippen molar-refractivity contribution in [3.8, 4) is 11.5 Å². The SMILES string of the molecule is O=C(Nc1ccc(Oc2ccccc2Cl)cc1)c1ccc(N2CCCCC2=O)cc1. The van der Waals surface area contributed by atoms with Crippen LogP contribution in [0.4, 0.5) is 11.4 Å². The van der Waals surface area contributed by atoms with E-state index in [1.165, 1.54) is 0 Å². The van der Waals surface area contributed by atoms with Gasteiger partial charge < -0.3 is 15.0 Å². The van der Waals surface area contributed by atoms with Gasteiger partial charge in [-0.15, -0.1) is 0 Å². The molecule has 5 nitrogen and oxygen atoms in total. The normalized spacial score (nSPS) is 13.8.